The number of aryl methyl sites for hydroxylation is 1. The number of aromatic nitrogens is 2. The number of phenolic OH excluding ortho intramolecular Hbond substituents is 1. The highest BCUT2D eigenvalue weighted by Gasteiger charge is 2.20. The molecule has 0 aliphatic heterocycles. The Morgan fingerprint density at radius 2 is 2.17 bits per heavy atom. The van der Waals surface area contributed by atoms with Crippen LogP contribution in [0.3, 0.4) is 0 Å². The highest BCUT2D eigenvalue weighted by Crippen LogP contribution is 2.39. The fourth-order valence-corrected chi connectivity index (χ4v) is 2.34. The third kappa shape index (κ3) is 1.24. The van der Waals surface area contributed by atoms with Crippen molar-refractivity contribution >= 4 is 16.6 Å². The smallest absolute Gasteiger partial charge is 0.192 e. The molecule has 0 atom stereocenters. The van der Waals surface area contributed by atoms with Crippen molar-refractivity contribution in [1.82, 2.24) is 9.72 Å². The van der Waals surface area contributed by atoms with Crippen LogP contribution in [-0.4, -0.2) is 14.8 Å². The van der Waals surface area contributed by atoms with Gasteiger partial charge in [-0.25, -0.2) is 0 Å². The van der Waals surface area contributed by atoms with Crippen LogP contribution in [0.15, 0.2) is 28.9 Å². The van der Waals surface area contributed by atoms with Crippen molar-refractivity contribution < 1.29 is 9.63 Å². The number of benzene rings is 1. The van der Waals surface area contributed by atoms with Gasteiger partial charge >= 0.3 is 0 Å². The summed E-state index contributed by atoms with van der Waals surface area (Å²) < 4.78 is 7.14. The number of rotatable bonds is 1. The molecule has 2 heterocycles. The van der Waals surface area contributed by atoms with Gasteiger partial charge in [0.05, 0.1) is 17.3 Å². The molecule has 0 aliphatic carbocycles. The highest BCUT2D eigenvalue weighted by atomic mass is 16.5. The van der Waals surface area contributed by atoms with Gasteiger partial charge in [-0.05, 0) is 13.0 Å². The van der Waals surface area contributed by atoms with E-state index in [4.69, 9.17) is 10.3 Å². The highest BCUT2D eigenvalue weighted by molar-refractivity contribution is 6.01. The number of hydrogen-bond acceptors (Lipinski definition) is 4. The quantitative estimate of drug-likeness (QED) is 0.688. The summed E-state index contributed by atoms with van der Waals surface area (Å²) in [6, 6.07) is 5.39. The van der Waals surface area contributed by atoms with Crippen LogP contribution in [0.4, 0.5) is 5.69 Å². The van der Waals surface area contributed by atoms with Crippen LogP contribution < -0.4 is 5.73 Å². The summed E-state index contributed by atoms with van der Waals surface area (Å²) in [4.78, 5) is 0. The lowest BCUT2D eigenvalue weighted by Crippen LogP contribution is -1.91. The van der Waals surface area contributed by atoms with Crippen molar-refractivity contribution in [2.24, 2.45) is 7.05 Å². The molecule has 0 unspecified atom stereocenters. The summed E-state index contributed by atoms with van der Waals surface area (Å²) in [5, 5.41) is 14.6. The first kappa shape index (κ1) is 10.7. The fraction of sp³-hybridized carbons (Fsp3) is 0.154. The number of anilines is 1. The van der Waals surface area contributed by atoms with E-state index in [0.717, 1.165) is 22.2 Å². The van der Waals surface area contributed by atoms with Gasteiger partial charge < -0.3 is 19.9 Å². The second-order valence-electron chi connectivity index (χ2n) is 4.30. The molecule has 3 aromatic rings. The van der Waals surface area contributed by atoms with Crippen LogP contribution >= 0.6 is 0 Å². The van der Waals surface area contributed by atoms with Crippen molar-refractivity contribution in [3.63, 3.8) is 0 Å². The Morgan fingerprint density at radius 1 is 1.39 bits per heavy atom. The lowest BCUT2D eigenvalue weighted by atomic mass is 10.1. The maximum Gasteiger partial charge on any atom is 0.192 e. The molecule has 0 amide bonds. The largest absolute Gasteiger partial charge is 0.506 e. The predicted octanol–water partition coefficient (Wildman–Crippen LogP) is 2.43. The minimum absolute atomic E-state index is 0.238. The second-order valence-corrected chi connectivity index (χ2v) is 4.30. The molecule has 0 aliphatic rings. The topological polar surface area (TPSA) is 77.2 Å². The number of phenols is 1. The number of hydrogen-bond donors (Lipinski definition) is 2. The summed E-state index contributed by atoms with van der Waals surface area (Å²) >= 11 is 0. The molecular weight excluding hydrogens is 230 g/mol. The van der Waals surface area contributed by atoms with Crippen LogP contribution in [-0.2, 0) is 7.05 Å². The van der Waals surface area contributed by atoms with Crippen LogP contribution in [0.1, 0.15) is 5.69 Å². The Balaban J connectivity index is 2.48. The first-order chi connectivity index (χ1) is 8.61. The zero-order valence-electron chi connectivity index (χ0n) is 10.1. The van der Waals surface area contributed by atoms with Gasteiger partial charge in [0.2, 0.25) is 0 Å². The van der Waals surface area contributed by atoms with Crippen molar-refractivity contribution in [1.29, 1.82) is 0 Å². The molecule has 1 aromatic carbocycles. The van der Waals surface area contributed by atoms with Crippen molar-refractivity contribution in [3.05, 3.63) is 30.1 Å². The Kier molecular flexibility index (Phi) is 2.10. The first-order valence-corrected chi connectivity index (χ1v) is 5.58. The summed E-state index contributed by atoms with van der Waals surface area (Å²) in [5.41, 5.74) is 8.95. The average Bonchev–Trinajstić information content (AvgIpc) is 2.84. The van der Waals surface area contributed by atoms with Crippen LogP contribution in [0.25, 0.3) is 22.2 Å². The monoisotopic (exact) mass is 243 g/mol. The third-order valence-electron chi connectivity index (χ3n) is 3.31. The van der Waals surface area contributed by atoms with Gasteiger partial charge in [0.15, 0.2) is 5.76 Å². The molecular formula is C13H13N3O2. The average molecular weight is 243 g/mol. The van der Waals surface area contributed by atoms with E-state index in [0.29, 0.717) is 11.4 Å². The standard InChI is InChI=1S/C13H13N3O2/c1-7-11(13-9(14)6-15-18-13)8-4-3-5-10(17)12(8)16(7)2/h3-6,17H,14H2,1-2H3. The van der Waals surface area contributed by atoms with Crippen LogP contribution in [0.2, 0.25) is 0 Å². The molecule has 3 N–H and O–H groups in total. The Hall–Kier alpha value is -2.43. The molecule has 5 nitrogen and oxygen atoms in total. The second kappa shape index (κ2) is 3.53. The van der Waals surface area contributed by atoms with E-state index in [1.807, 2.05) is 24.6 Å². The minimum atomic E-state index is 0.238. The van der Waals surface area contributed by atoms with Crippen LogP contribution in [0.5, 0.6) is 5.75 Å². The molecule has 0 bridgehead atoms. The molecule has 0 radical (unpaired) electrons. The Bertz CT molecular complexity index is 740. The van der Waals surface area contributed by atoms with E-state index >= 15 is 0 Å². The van der Waals surface area contributed by atoms with Gasteiger partial charge in [0, 0.05) is 18.1 Å². The molecule has 18 heavy (non-hydrogen) atoms. The molecule has 0 saturated carbocycles. The molecule has 0 fully saturated rings. The summed E-state index contributed by atoms with van der Waals surface area (Å²) in [6.45, 7) is 1.96. The molecule has 3 rings (SSSR count). The van der Waals surface area contributed by atoms with Gasteiger partial charge in [-0.1, -0.05) is 17.3 Å². The number of nitrogens with two attached hydrogens (primary N) is 1. The zero-order chi connectivity index (χ0) is 12.9. The van der Waals surface area contributed by atoms with Crippen molar-refractivity contribution in [3.8, 4) is 17.1 Å². The van der Waals surface area contributed by atoms with Gasteiger partial charge in [-0.2, -0.15) is 0 Å². The maximum absolute atomic E-state index is 9.96. The lowest BCUT2D eigenvalue weighted by Gasteiger charge is -2.00. The summed E-state index contributed by atoms with van der Waals surface area (Å²) in [6.07, 6.45) is 1.48. The predicted molar refractivity (Wildman–Crippen MR) is 69.2 cm³/mol. The third-order valence-corrected chi connectivity index (χ3v) is 3.31. The minimum Gasteiger partial charge on any atom is -0.506 e. The van der Waals surface area contributed by atoms with E-state index in [-0.39, 0.29) is 5.75 Å². The molecule has 2 aromatic heterocycles. The van der Waals surface area contributed by atoms with Gasteiger partial charge in [-0.15, -0.1) is 0 Å². The van der Waals surface area contributed by atoms with Crippen LogP contribution in [0, 0.1) is 6.92 Å². The number of nitrogens with zero attached hydrogens (tertiary/aromatic N) is 2. The summed E-state index contributed by atoms with van der Waals surface area (Å²) in [7, 11) is 1.90. The molecule has 0 saturated heterocycles. The van der Waals surface area contributed by atoms with Gasteiger partial charge in [0.25, 0.3) is 0 Å². The molecule has 92 valence electrons. The van der Waals surface area contributed by atoms with E-state index in [1.165, 1.54) is 6.20 Å². The number of nitrogen functional groups attached to an aromatic ring is 1. The molecule has 5 heteroatoms. The van der Waals surface area contributed by atoms with Crippen molar-refractivity contribution in [2.75, 3.05) is 5.73 Å². The normalized spacial score (nSPS) is 11.2. The van der Waals surface area contributed by atoms with Gasteiger partial charge in [-0.3, -0.25) is 0 Å². The Labute approximate surface area is 103 Å². The number of fused-ring (bicyclic) bond motifs is 1. The first-order valence-electron chi connectivity index (χ1n) is 5.58. The Morgan fingerprint density at radius 3 is 2.83 bits per heavy atom. The zero-order valence-corrected chi connectivity index (χ0v) is 10.1. The molecule has 0 spiro atoms. The van der Waals surface area contributed by atoms with Crippen molar-refractivity contribution in [2.45, 2.75) is 6.92 Å². The van der Waals surface area contributed by atoms with E-state index < -0.39 is 0 Å². The number of para-hydroxylation sites is 1. The van der Waals surface area contributed by atoms with Gasteiger partial charge in [0.1, 0.15) is 11.4 Å². The lowest BCUT2D eigenvalue weighted by molar-refractivity contribution is 0.432. The SMILES string of the molecule is Cc1c(-c2oncc2N)c2cccc(O)c2n1C. The van der Waals surface area contributed by atoms with E-state index in [9.17, 15) is 5.11 Å². The summed E-state index contributed by atoms with van der Waals surface area (Å²) in [5.74, 6) is 0.783. The fourth-order valence-electron chi connectivity index (χ4n) is 2.34. The van der Waals surface area contributed by atoms with E-state index in [2.05, 4.69) is 5.16 Å². The number of aromatic hydroxyl groups is 1. The van der Waals surface area contributed by atoms with E-state index in [1.54, 1.807) is 12.1 Å². The maximum atomic E-state index is 9.96.